The maximum absolute atomic E-state index is 16.0. The van der Waals surface area contributed by atoms with E-state index in [1.165, 1.54) is 16.7 Å². The summed E-state index contributed by atoms with van der Waals surface area (Å²) < 4.78 is 73.8. The predicted octanol–water partition coefficient (Wildman–Crippen LogP) is 6.98. The van der Waals surface area contributed by atoms with Gasteiger partial charge in [-0.3, -0.25) is 9.59 Å². The Morgan fingerprint density at radius 3 is 2.31 bits per heavy atom. The van der Waals surface area contributed by atoms with E-state index in [-0.39, 0.29) is 49.8 Å². The van der Waals surface area contributed by atoms with Gasteiger partial charge in [0.05, 0.1) is 34.0 Å². The van der Waals surface area contributed by atoms with Crippen LogP contribution in [0, 0.1) is 23.0 Å². The number of amides is 2. The highest BCUT2D eigenvalue weighted by molar-refractivity contribution is 7.84. The highest BCUT2D eigenvalue weighted by Crippen LogP contribution is 2.43. The first-order valence-corrected chi connectivity index (χ1v) is 19.5. The highest BCUT2D eigenvalue weighted by Gasteiger charge is 2.45. The van der Waals surface area contributed by atoms with Crippen molar-refractivity contribution in [3.63, 3.8) is 0 Å². The van der Waals surface area contributed by atoms with Gasteiger partial charge in [-0.1, -0.05) is 44.2 Å². The number of nitrogens with zero attached hydrogens (tertiary/aromatic N) is 4. The van der Waals surface area contributed by atoms with Crippen LogP contribution in [0.5, 0.6) is 0 Å². The minimum atomic E-state index is -1.54. The molecule has 4 rings (SSSR count). The van der Waals surface area contributed by atoms with E-state index in [0.29, 0.717) is 6.42 Å². The first-order chi connectivity index (χ1) is 25.6. The molecule has 4 unspecified atom stereocenters. The summed E-state index contributed by atoms with van der Waals surface area (Å²) in [4.78, 5) is 46.9. The first kappa shape index (κ1) is 43.5. The van der Waals surface area contributed by atoms with Crippen LogP contribution in [0.2, 0.25) is 0 Å². The smallest absolute Gasteiger partial charge is 0.410 e. The molecule has 3 aromatic rings. The quantitative estimate of drug-likeness (QED) is 0.175. The second kappa shape index (κ2) is 17.7. The van der Waals surface area contributed by atoms with Crippen molar-refractivity contribution < 1.29 is 41.2 Å². The van der Waals surface area contributed by atoms with E-state index in [1.807, 2.05) is 65.0 Å². The van der Waals surface area contributed by atoms with Crippen molar-refractivity contribution >= 4 is 29.0 Å². The van der Waals surface area contributed by atoms with Crippen LogP contribution in [0.25, 0.3) is 11.3 Å². The summed E-state index contributed by atoms with van der Waals surface area (Å²) in [5.41, 5.74) is -0.910. The minimum Gasteiger partial charge on any atom is -0.456 e. The van der Waals surface area contributed by atoms with Gasteiger partial charge in [0.25, 0.3) is 5.91 Å². The van der Waals surface area contributed by atoms with Crippen molar-refractivity contribution in [2.75, 3.05) is 32.8 Å². The Morgan fingerprint density at radius 2 is 1.69 bits per heavy atom. The maximum Gasteiger partial charge on any atom is 0.410 e. The fourth-order valence-electron chi connectivity index (χ4n) is 6.44. The lowest BCUT2D eigenvalue weighted by molar-refractivity contribution is -0.153. The molecule has 55 heavy (non-hydrogen) atoms. The number of alkyl halides is 1. The van der Waals surface area contributed by atoms with Crippen molar-refractivity contribution in [2.45, 2.75) is 97.8 Å². The van der Waals surface area contributed by atoms with Gasteiger partial charge in [-0.2, -0.15) is 0 Å². The Morgan fingerprint density at radius 1 is 1.02 bits per heavy atom. The number of imidazole rings is 1. The number of halogens is 3. The third kappa shape index (κ3) is 11.9. The Bertz CT molecular complexity index is 1840. The summed E-state index contributed by atoms with van der Waals surface area (Å²) in [6, 6.07) is 11.4. The van der Waals surface area contributed by atoms with Gasteiger partial charge in [0.2, 0.25) is 0 Å². The number of ether oxygens (including phenoxy) is 2. The SMILES string of the molecule is CC(=O)OCC(=O)N(CC1CN(C(=O)OC(C)(C)C)CC1F)C(c1nc(-c2cc(F)ccc2F)cn1Cc1ccccc1)C(C)(C)CCNS(=O)C(C)(C)C. The van der Waals surface area contributed by atoms with Crippen molar-refractivity contribution in [1.82, 2.24) is 24.1 Å². The van der Waals surface area contributed by atoms with E-state index in [9.17, 15) is 23.0 Å². The van der Waals surface area contributed by atoms with E-state index in [2.05, 4.69) is 4.72 Å². The molecule has 1 aliphatic rings. The molecule has 0 aliphatic carbocycles. The molecule has 1 saturated heterocycles. The number of carbonyl (C=O) groups excluding carboxylic acids is 3. The predicted molar refractivity (Wildman–Crippen MR) is 205 cm³/mol. The zero-order chi connectivity index (χ0) is 40.9. The summed E-state index contributed by atoms with van der Waals surface area (Å²) in [5, 5.41) is 0. The topological polar surface area (TPSA) is 123 Å². The third-order valence-corrected chi connectivity index (χ3v) is 10.8. The lowest BCUT2D eigenvalue weighted by Gasteiger charge is -2.43. The zero-order valence-corrected chi connectivity index (χ0v) is 34.0. The first-order valence-electron chi connectivity index (χ1n) is 18.3. The Balaban J connectivity index is 1.89. The van der Waals surface area contributed by atoms with E-state index < -0.39 is 81.1 Å². The number of benzene rings is 2. The van der Waals surface area contributed by atoms with Crippen LogP contribution >= 0.6 is 0 Å². The summed E-state index contributed by atoms with van der Waals surface area (Å²) in [6.45, 7) is 14.8. The Kier molecular flexibility index (Phi) is 14.0. The summed E-state index contributed by atoms with van der Waals surface area (Å²) in [7, 11) is -1.42. The maximum atomic E-state index is 16.0. The molecule has 0 spiro atoms. The van der Waals surface area contributed by atoms with Gasteiger partial charge in [-0.25, -0.2) is 31.9 Å². The van der Waals surface area contributed by atoms with Crippen molar-refractivity contribution in [3.8, 4) is 11.3 Å². The van der Waals surface area contributed by atoms with Gasteiger partial charge in [-0.05, 0) is 77.1 Å². The second-order valence-corrected chi connectivity index (χ2v) is 18.7. The van der Waals surface area contributed by atoms with Gasteiger partial charge < -0.3 is 23.8 Å². The van der Waals surface area contributed by atoms with Gasteiger partial charge in [-0.15, -0.1) is 0 Å². The molecule has 1 N–H and O–H groups in total. The second-order valence-electron chi connectivity index (χ2n) is 16.6. The van der Waals surface area contributed by atoms with Gasteiger partial charge in [0, 0.05) is 50.8 Å². The molecule has 4 atom stereocenters. The number of hydrogen-bond donors (Lipinski definition) is 1. The number of esters is 1. The van der Waals surface area contributed by atoms with E-state index in [4.69, 9.17) is 14.5 Å². The fraction of sp³-hybridized carbons (Fsp3) is 0.550. The summed E-state index contributed by atoms with van der Waals surface area (Å²) in [6.07, 6.45) is -0.336. The zero-order valence-electron chi connectivity index (χ0n) is 33.2. The van der Waals surface area contributed by atoms with Crippen LogP contribution in [0.4, 0.5) is 18.0 Å². The molecule has 0 radical (unpaired) electrons. The normalized spacial score (nSPS) is 17.5. The van der Waals surface area contributed by atoms with E-state index in [0.717, 1.165) is 23.8 Å². The third-order valence-electron chi connectivity index (χ3n) is 9.23. The number of rotatable bonds is 14. The fourth-order valence-corrected chi connectivity index (χ4v) is 7.16. The number of aromatic nitrogens is 2. The lowest BCUT2D eigenvalue weighted by atomic mass is 9.79. The van der Waals surface area contributed by atoms with Crippen LogP contribution in [-0.4, -0.2) is 90.8 Å². The highest BCUT2D eigenvalue weighted by atomic mass is 32.2. The van der Waals surface area contributed by atoms with Crippen LogP contribution in [-0.2, 0) is 36.6 Å². The van der Waals surface area contributed by atoms with Gasteiger partial charge >= 0.3 is 12.1 Å². The molecule has 1 fully saturated rings. The van der Waals surface area contributed by atoms with Gasteiger partial charge in [0.1, 0.15) is 29.2 Å². The molecule has 302 valence electrons. The molecular weight excluding hydrogens is 736 g/mol. The molecule has 0 saturated carbocycles. The Hall–Kier alpha value is -4.24. The minimum absolute atomic E-state index is 0.0646. The van der Waals surface area contributed by atoms with Crippen LogP contribution in [0.3, 0.4) is 0 Å². The van der Waals surface area contributed by atoms with E-state index in [1.54, 1.807) is 31.5 Å². The lowest BCUT2D eigenvalue weighted by Crippen LogP contribution is -2.49. The molecule has 2 heterocycles. The molecular formula is C40H54F3N5O6S. The molecule has 1 aromatic heterocycles. The van der Waals surface area contributed by atoms with Crippen LogP contribution in [0.1, 0.15) is 86.2 Å². The molecule has 15 heteroatoms. The van der Waals surface area contributed by atoms with Crippen molar-refractivity contribution in [1.29, 1.82) is 0 Å². The van der Waals surface area contributed by atoms with Crippen molar-refractivity contribution in [3.05, 3.63) is 77.8 Å². The Labute approximate surface area is 324 Å². The number of hydrogen-bond acceptors (Lipinski definition) is 7. The molecule has 0 bridgehead atoms. The molecule has 2 aromatic carbocycles. The number of likely N-dealkylation sites (tertiary alicyclic amines) is 1. The number of carbonyl (C=O) groups is 3. The number of nitrogens with one attached hydrogen (secondary N) is 1. The van der Waals surface area contributed by atoms with Gasteiger partial charge in [0.15, 0.2) is 6.61 Å². The molecule has 2 amide bonds. The largest absolute Gasteiger partial charge is 0.456 e. The average molecular weight is 790 g/mol. The van der Waals surface area contributed by atoms with Crippen LogP contribution in [0.15, 0.2) is 54.7 Å². The van der Waals surface area contributed by atoms with E-state index >= 15 is 8.78 Å². The summed E-state index contributed by atoms with van der Waals surface area (Å²) in [5.74, 6) is -3.34. The van der Waals surface area contributed by atoms with Crippen molar-refractivity contribution in [2.24, 2.45) is 11.3 Å². The van der Waals surface area contributed by atoms with Crippen LogP contribution < -0.4 is 4.72 Å². The average Bonchev–Trinajstić information content (AvgIpc) is 3.66. The standard InChI is InChI=1S/C40H54F3N5O6S/c1-26(49)53-25-34(50)48(22-28-21-47(23-32(28)43)37(51)54-38(2,3)4)35(40(8,9)17-18-44-55(52)39(5,6)7)36-45-33(30-19-29(41)15-16-31(30)42)24-46(36)20-27-13-11-10-12-14-27/h10-16,19,24,28,32,35,44H,17-18,20-23,25H2,1-9H3. The monoisotopic (exact) mass is 789 g/mol. The molecule has 11 nitrogen and oxygen atoms in total. The molecule has 1 aliphatic heterocycles. The summed E-state index contributed by atoms with van der Waals surface area (Å²) >= 11 is 0.